The summed E-state index contributed by atoms with van der Waals surface area (Å²) in [4.78, 5) is 6.57. The van der Waals surface area contributed by atoms with Gasteiger partial charge in [0.1, 0.15) is 0 Å². The van der Waals surface area contributed by atoms with E-state index >= 15 is 0 Å². The molecule has 3 nitrogen and oxygen atoms in total. The van der Waals surface area contributed by atoms with Crippen LogP contribution >= 0.6 is 0 Å². The second kappa shape index (κ2) is 6.55. The Balaban J connectivity index is 2.38. The highest BCUT2D eigenvalue weighted by Crippen LogP contribution is 2.10. The molecule has 0 spiro atoms. The van der Waals surface area contributed by atoms with E-state index in [4.69, 9.17) is 0 Å². The molecule has 0 saturated heterocycles. The summed E-state index contributed by atoms with van der Waals surface area (Å²) in [6.45, 7) is 2.07. The van der Waals surface area contributed by atoms with Crippen LogP contribution in [0.15, 0.2) is 29.3 Å². The zero-order chi connectivity index (χ0) is 13.6. The third-order valence-electron chi connectivity index (χ3n) is 2.77. The molecule has 0 amide bonds. The number of hydrogen-bond donors (Lipinski definition) is 0. The normalized spacial score (nSPS) is 12.1. The maximum Gasteiger partial charge on any atom is 0.0798 e. The molecule has 0 unspecified atom stereocenters. The van der Waals surface area contributed by atoms with Crippen molar-refractivity contribution >= 4 is 11.9 Å². The van der Waals surface area contributed by atoms with E-state index in [2.05, 4.69) is 55.3 Å². The summed E-state index contributed by atoms with van der Waals surface area (Å²) in [6, 6.07) is 8.46. The quantitative estimate of drug-likeness (QED) is 0.428. The van der Waals surface area contributed by atoms with E-state index < -0.39 is 0 Å². The van der Waals surface area contributed by atoms with Crippen molar-refractivity contribution in [3.63, 3.8) is 0 Å². The van der Waals surface area contributed by atoms with Crippen LogP contribution < -0.4 is 4.90 Å². The smallest absolute Gasteiger partial charge is 0.0798 e. The molecule has 0 aliphatic rings. The summed E-state index contributed by atoms with van der Waals surface area (Å²) in [7, 11) is 10.7. The molecule has 0 aliphatic carbocycles. The lowest BCUT2D eigenvalue weighted by atomic mass is 10.2. The maximum absolute atomic E-state index is 4.47. The molecular weight excluding hydrogens is 222 g/mol. The minimum absolute atomic E-state index is 0.908. The van der Waals surface area contributed by atoms with E-state index in [9.17, 15) is 0 Å². The van der Waals surface area contributed by atoms with Crippen molar-refractivity contribution in [3.8, 4) is 0 Å². The van der Waals surface area contributed by atoms with E-state index in [0.717, 1.165) is 24.0 Å². The Labute approximate surface area is 111 Å². The minimum atomic E-state index is 0.908. The second-order valence-electron chi connectivity index (χ2n) is 5.89. The highest BCUT2D eigenvalue weighted by atomic mass is 15.3. The Hall–Kier alpha value is -1.35. The van der Waals surface area contributed by atoms with E-state index in [1.54, 1.807) is 0 Å². The lowest BCUT2D eigenvalue weighted by molar-refractivity contribution is -0.870. The van der Waals surface area contributed by atoms with Crippen LogP contribution in [0.4, 0.5) is 5.69 Å². The van der Waals surface area contributed by atoms with Crippen LogP contribution in [0, 0.1) is 0 Å². The fourth-order valence-corrected chi connectivity index (χ4v) is 1.66. The molecule has 0 atom stereocenters. The highest BCUT2D eigenvalue weighted by molar-refractivity contribution is 5.80. The van der Waals surface area contributed by atoms with Crippen molar-refractivity contribution in [2.45, 2.75) is 6.42 Å². The van der Waals surface area contributed by atoms with Crippen LogP contribution in [0.25, 0.3) is 0 Å². The zero-order valence-corrected chi connectivity index (χ0v) is 12.3. The van der Waals surface area contributed by atoms with Crippen LogP contribution in [-0.2, 0) is 0 Å². The SMILES string of the molecule is CN(C)c1ccc(C=NCCC[N+](C)(C)C)cc1. The Morgan fingerprint density at radius 1 is 1.11 bits per heavy atom. The van der Waals surface area contributed by atoms with Crippen molar-refractivity contribution in [3.05, 3.63) is 29.8 Å². The standard InChI is InChI=1S/C15H26N3/c1-17(2)15-9-7-14(8-10-15)13-16-11-6-12-18(3,4)5/h7-10,13H,6,11-12H2,1-5H3/q+1. The van der Waals surface area contributed by atoms with Gasteiger partial charge in [-0.25, -0.2) is 0 Å². The molecule has 100 valence electrons. The van der Waals surface area contributed by atoms with Crippen molar-refractivity contribution in [1.29, 1.82) is 0 Å². The molecule has 0 bridgehead atoms. The van der Waals surface area contributed by atoms with Crippen molar-refractivity contribution < 1.29 is 4.48 Å². The summed E-state index contributed by atoms with van der Waals surface area (Å²) in [5.41, 5.74) is 2.39. The van der Waals surface area contributed by atoms with Gasteiger partial charge in [0, 0.05) is 39.0 Å². The minimum Gasteiger partial charge on any atom is -0.378 e. The molecule has 0 fully saturated rings. The summed E-state index contributed by atoms with van der Waals surface area (Å²) < 4.78 is 1.01. The number of anilines is 1. The van der Waals surface area contributed by atoms with E-state index in [1.165, 1.54) is 11.3 Å². The third-order valence-corrected chi connectivity index (χ3v) is 2.77. The first-order valence-electron chi connectivity index (χ1n) is 6.46. The first-order chi connectivity index (χ1) is 8.38. The predicted octanol–water partition coefficient (Wildman–Crippen LogP) is 2.27. The lowest BCUT2D eigenvalue weighted by Crippen LogP contribution is -2.35. The van der Waals surface area contributed by atoms with Gasteiger partial charge in [-0.1, -0.05) is 12.1 Å². The number of aliphatic imine (C=N–C) groups is 1. The van der Waals surface area contributed by atoms with E-state index in [1.807, 2.05) is 20.3 Å². The number of rotatable bonds is 6. The van der Waals surface area contributed by atoms with Gasteiger partial charge in [-0.2, -0.15) is 0 Å². The Morgan fingerprint density at radius 2 is 1.72 bits per heavy atom. The first kappa shape index (κ1) is 14.7. The fraction of sp³-hybridized carbons (Fsp3) is 0.533. The fourth-order valence-electron chi connectivity index (χ4n) is 1.66. The molecule has 1 rings (SSSR count). The Bertz CT molecular complexity index is 372. The number of nitrogens with zero attached hydrogens (tertiary/aromatic N) is 3. The van der Waals surface area contributed by atoms with Gasteiger partial charge in [0.25, 0.3) is 0 Å². The summed E-state index contributed by atoms with van der Waals surface area (Å²) in [5.74, 6) is 0. The maximum atomic E-state index is 4.47. The highest BCUT2D eigenvalue weighted by Gasteiger charge is 2.04. The van der Waals surface area contributed by atoms with Crippen molar-refractivity contribution in [2.24, 2.45) is 4.99 Å². The molecule has 0 heterocycles. The van der Waals surface area contributed by atoms with Gasteiger partial charge in [-0.3, -0.25) is 4.99 Å². The van der Waals surface area contributed by atoms with Crippen LogP contribution in [0.5, 0.6) is 0 Å². The van der Waals surface area contributed by atoms with Gasteiger partial charge in [0.15, 0.2) is 0 Å². The van der Waals surface area contributed by atoms with Gasteiger partial charge < -0.3 is 9.38 Å². The average molecular weight is 248 g/mol. The molecule has 3 heteroatoms. The molecule has 0 saturated carbocycles. The van der Waals surface area contributed by atoms with Crippen LogP contribution in [0.2, 0.25) is 0 Å². The Kier molecular flexibility index (Phi) is 5.35. The monoisotopic (exact) mass is 248 g/mol. The van der Waals surface area contributed by atoms with E-state index in [0.29, 0.717) is 0 Å². The summed E-state index contributed by atoms with van der Waals surface area (Å²) in [6.07, 6.45) is 3.10. The van der Waals surface area contributed by atoms with Gasteiger partial charge in [-0.05, 0) is 17.7 Å². The number of hydrogen-bond acceptors (Lipinski definition) is 2. The molecule has 0 aliphatic heterocycles. The van der Waals surface area contributed by atoms with Crippen LogP contribution in [0.3, 0.4) is 0 Å². The van der Waals surface area contributed by atoms with Crippen molar-refractivity contribution in [2.75, 3.05) is 53.2 Å². The predicted molar refractivity (Wildman–Crippen MR) is 80.7 cm³/mol. The number of benzene rings is 1. The van der Waals surface area contributed by atoms with Crippen molar-refractivity contribution in [1.82, 2.24) is 0 Å². The van der Waals surface area contributed by atoms with Gasteiger partial charge >= 0.3 is 0 Å². The van der Waals surface area contributed by atoms with Gasteiger partial charge in [0.05, 0.1) is 27.7 Å². The molecule has 0 radical (unpaired) electrons. The molecular formula is C15H26N3+. The largest absolute Gasteiger partial charge is 0.378 e. The summed E-state index contributed by atoms with van der Waals surface area (Å²) >= 11 is 0. The molecule has 1 aromatic carbocycles. The lowest BCUT2D eigenvalue weighted by Gasteiger charge is -2.23. The van der Waals surface area contributed by atoms with Gasteiger partial charge in [0.2, 0.25) is 0 Å². The topological polar surface area (TPSA) is 15.6 Å². The van der Waals surface area contributed by atoms with Crippen LogP contribution in [0.1, 0.15) is 12.0 Å². The number of quaternary nitrogens is 1. The molecule has 0 aromatic heterocycles. The van der Waals surface area contributed by atoms with Crippen LogP contribution in [-0.4, -0.2) is 59.0 Å². The third kappa shape index (κ3) is 5.82. The average Bonchev–Trinajstić information content (AvgIpc) is 2.27. The second-order valence-corrected chi connectivity index (χ2v) is 5.89. The molecule has 18 heavy (non-hydrogen) atoms. The summed E-state index contributed by atoms with van der Waals surface area (Å²) in [5, 5.41) is 0. The molecule has 1 aromatic rings. The van der Waals surface area contributed by atoms with Gasteiger partial charge in [-0.15, -0.1) is 0 Å². The molecule has 0 N–H and O–H groups in total. The zero-order valence-electron chi connectivity index (χ0n) is 12.3. The Morgan fingerprint density at radius 3 is 2.22 bits per heavy atom. The van der Waals surface area contributed by atoms with E-state index in [-0.39, 0.29) is 0 Å². The first-order valence-corrected chi connectivity index (χ1v) is 6.46.